The van der Waals surface area contributed by atoms with E-state index in [1.165, 1.54) is 12.1 Å². The molecule has 0 aliphatic carbocycles. The molecule has 0 saturated carbocycles. The summed E-state index contributed by atoms with van der Waals surface area (Å²) >= 11 is 4.72. The number of aryl methyl sites for hydroxylation is 2. The van der Waals surface area contributed by atoms with Gasteiger partial charge in [0.2, 0.25) is 5.95 Å². The largest absolute Gasteiger partial charge is 0.444 e. The van der Waals surface area contributed by atoms with E-state index >= 15 is 0 Å². The number of alkyl halides is 4. The monoisotopic (exact) mass is 453 g/mol. The first-order valence-corrected chi connectivity index (χ1v) is 9.68. The SMILES string of the molecule is Cc1cc(C)nc(NC(=O)NS(=O)(=O)Nc2ccccc2OC(F)(F)[C@@H](F)Cl)n1. The summed E-state index contributed by atoms with van der Waals surface area (Å²) in [4.78, 5) is 19.7. The van der Waals surface area contributed by atoms with E-state index in [0.717, 1.165) is 12.1 Å². The molecule has 1 heterocycles. The molecule has 1 aromatic heterocycles. The first-order valence-electron chi connectivity index (χ1n) is 7.76. The molecule has 0 bridgehead atoms. The molecular formula is C15H15ClF3N5O4S. The number of hydrogen-bond acceptors (Lipinski definition) is 6. The van der Waals surface area contributed by atoms with Gasteiger partial charge in [-0.25, -0.2) is 23.9 Å². The number of hydrogen-bond donors (Lipinski definition) is 3. The second kappa shape index (κ2) is 8.69. The lowest BCUT2D eigenvalue weighted by atomic mass is 10.3. The molecule has 14 heteroatoms. The highest BCUT2D eigenvalue weighted by Gasteiger charge is 2.42. The molecule has 2 amide bonds. The lowest BCUT2D eigenvalue weighted by molar-refractivity contribution is -0.198. The number of nitrogens with zero attached hydrogens (tertiary/aromatic N) is 2. The molecule has 3 N–H and O–H groups in total. The molecule has 0 unspecified atom stereocenters. The molecular weight excluding hydrogens is 439 g/mol. The van der Waals surface area contributed by atoms with Crippen molar-refractivity contribution < 1.29 is 31.1 Å². The summed E-state index contributed by atoms with van der Waals surface area (Å²) in [5.74, 6) is -0.862. The van der Waals surface area contributed by atoms with Crippen molar-refractivity contribution in [3.05, 3.63) is 41.7 Å². The van der Waals surface area contributed by atoms with E-state index in [2.05, 4.69) is 20.0 Å². The lowest BCUT2D eigenvalue weighted by Gasteiger charge is -2.20. The van der Waals surface area contributed by atoms with Crippen molar-refractivity contribution in [1.29, 1.82) is 0 Å². The molecule has 0 spiro atoms. The third-order valence-electron chi connectivity index (χ3n) is 3.07. The fourth-order valence-corrected chi connectivity index (χ4v) is 2.88. The topological polar surface area (TPSA) is 122 Å². The number of amides is 2. The number of para-hydroxylation sites is 2. The zero-order chi connectivity index (χ0) is 21.8. The fourth-order valence-electron chi connectivity index (χ4n) is 2.03. The van der Waals surface area contributed by atoms with Gasteiger partial charge in [-0.2, -0.15) is 17.2 Å². The Hall–Kier alpha value is -2.80. The first kappa shape index (κ1) is 22.5. The maximum atomic E-state index is 13.4. The second-order valence-electron chi connectivity index (χ2n) is 5.60. The minimum atomic E-state index is -4.59. The van der Waals surface area contributed by atoms with Crippen LogP contribution >= 0.6 is 11.6 Å². The van der Waals surface area contributed by atoms with Crippen molar-refractivity contribution in [3.8, 4) is 5.75 Å². The van der Waals surface area contributed by atoms with Crippen molar-refractivity contribution in [2.45, 2.75) is 25.6 Å². The van der Waals surface area contributed by atoms with Gasteiger partial charge < -0.3 is 4.74 Å². The number of carbonyl (C=O) groups is 1. The molecule has 0 fully saturated rings. The standard InChI is InChI=1S/C15H15ClF3N5O4S/c1-8-7-9(2)21-13(20-8)22-14(25)24-29(26,27)23-10-5-3-4-6-11(10)28-15(18,19)12(16)17/h3-7,12,23H,1-2H3,(H2,20,21,22,24,25)/t12-/m1/s1. The van der Waals surface area contributed by atoms with Gasteiger partial charge >= 0.3 is 22.3 Å². The Morgan fingerprint density at radius 3 is 2.38 bits per heavy atom. The van der Waals surface area contributed by atoms with Gasteiger partial charge in [0.05, 0.1) is 5.69 Å². The molecule has 2 aromatic rings. The molecule has 2 rings (SSSR count). The van der Waals surface area contributed by atoms with Gasteiger partial charge in [-0.1, -0.05) is 23.7 Å². The number of nitrogens with one attached hydrogen (secondary N) is 3. The highest BCUT2D eigenvalue weighted by Crippen LogP contribution is 2.33. The molecule has 0 radical (unpaired) electrons. The molecule has 29 heavy (non-hydrogen) atoms. The number of aromatic nitrogens is 2. The predicted molar refractivity (Wildman–Crippen MR) is 99.0 cm³/mol. The summed E-state index contributed by atoms with van der Waals surface area (Å²) in [7, 11) is -4.59. The highest BCUT2D eigenvalue weighted by molar-refractivity contribution is 7.91. The van der Waals surface area contributed by atoms with E-state index in [1.54, 1.807) is 24.6 Å². The Bertz CT molecular complexity index is 987. The molecule has 1 atom stereocenters. The van der Waals surface area contributed by atoms with Crippen LogP contribution in [0.25, 0.3) is 0 Å². The minimum absolute atomic E-state index is 0.144. The normalized spacial score (nSPS) is 12.8. The number of carbonyl (C=O) groups excluding carboxylic acids is 1. The Morgan fingerprint density at radius 2 is 1.79 bits per heavy atom. The number of rotatable bonds is 7. The van der Waals surface area contributed by atoms with Gasteiger partial charge in [-0.05, 0) is 32.0 Å². The number of urea groups is 1. The van der Waals surface area contributed by atoms with Crippen LogP contribution in [0.5, 0.6) is 5.75 Å². The van der Waals surface area contributed by atoms with Crippen LogP contribution in [0.1, 0.15) is 11.4 Å². The van der Waals surface area contributed by atoms with E-state index in [9.17, 15) is 26.4 Å². The number of ether oxygens (including phenoxy) is 1. The summed E-state index contributed by atoms with van der Waals surface area (Å²) in [5.41, 5.74) is -2.60. The van der Waals surface area contributed by atoms with Crippen LogP contribution in [-0.2, 0) is 10.2 Å². The third kappa shape index (κ3) is 6.64. The minimum Gasteiger partial charge on any atom is -0.427 e. The van der Waals surface area contributed by atoms with Crippen molar-refractivity contribution in [2.75, 3.05) is 10.0 Å². The van der Waals surface area contributed by atoms with Crippen LogP contribution in [0.3, 0.4) is 0 Å². The summed E-state index contributed by atoms with van der Waals surface area (Å²) in [6.45, 7) is 3.29. The highest BCUT2D eigenvalue weighted by atomic mass is 35.5. The fraction of sp³-hybridized carbons (Fsp3) is 0.267. The molecule has 1 aromatic carbocycles. The molecule has 158 valence electrons. The van der Waals surface area contributed by atoms with Gasteiger partial charge in [-0.15, -0.1) is 0 Å². The van der Waals surface area contributed by atoms with Crippen LogP contribution in [0, 0.1) is 13.8 Å². The van der Waals surface area contributed by atoms with Crippen molar-refractivity contribution in [1.82, 2.24) is 14.7 Å². The van der Waals surface area contributed by atoms with E-state index in [-0.39, 0.29) is 5.95 Å². The van der Waals surface area contributed by atoms with Gasteiger partial charge in [0.25, 0.3) is 5.63 Å². The van der Waals surface area contributed by atoms with E-state index in [4.69, 9.17) is 11.6 Å². The Labute approximate surface area is 168 Å². The van der Waals surface area contributed by atoms with Crippen LogP contribution in [0.15, 0.2) is 30.3 Å². The van der Waals surface area contributed by atoms with Crippen LogP contribution in [0.2, 0.25) is 0 Å². The zero-order valence-electron chi connectivity index (χ0n) is 14.9. The summed E-state index contributed by atoms with van der Waals surface area (Å²) in [6, 6.07) is 4.96. The average molecular weight is 454 g/mol. The van der Waals surface area contributed by atoms with Crippen LogP contribution < -0.4 is 19.5 Å². The van der Waals surface area contributed by atoms with E-state index < -0.39 is 39.4 Å². The summed E-state index contributed by atoms with van der Waals surface area (Å²) < 4.78 is 71.3. The van der Waals surface area contributed by atoms with E-state index in [0.29, 0.717) is 11.4 Å². The molecule has 9 nitrogen and oxygen atoms in total. The van der Waals surface area contributed by atoms with Crippen LogP contribution in [-0.4, -0.2) is 36.2 Å². The average Bonchev–Trinajstić information content (AvgIpc) is 2.54. The first-order chi connectivity index (χ1) is 13.4. The van der Waals surface area contributed by atoms with Gasteiger partial charge in [0.1, 0.15) is 0 Å². The predicted octanol–water partition coefficient (Wildman–Crippen LogP) is 3.08. The number of halogens is 4. The number of benzene rings is 1. The van der Waals surface area contributed by atoms with E-state index in [1.807, 2.05) is 4.72 Å². The Morgan fingerprint density at radius 1 is 1.21 bits per heavy atom. The molecule has 0 aliphatic rings. The van der Waals surface area contributed by atoms with Crippen molar-refractivity contribution in [2.24, 2.45) is 0 Å². The third-order valence-corrected chi connectivity index (χ3v) is 4.26. The van der Waals surface area contributed by atoms with Gasteiger partial charge in [0.15, 0.2) is 5.75 Å². The number of anilines is 2. The summed E-state index contributed by atoms with van der Waals surface area (Å²) in [6.07, 6.45) is -4.42. The Balaban J connectivity index is 2.12. The lowest BCUT2D eigenvalue weighted by Crippen LogP contribution is -2.39. The second-order valence-corrected chi connectivity index (χ2v) is 7.40. The van der Waals surface area contributed by atoms with Gasteiger partial charge in [-0.3, -0.25) is 10.0 Å². The van der Waals surface area contributed by atoms with Crippen molar-refractivity contribution in [3.63, 3.8) is 0 Å². The maximum absolute atomic E-state index is 13.4. The Kier molecular flexibility index (Phi) is 6.74. The quantitative estimate of drug-likeness (QED) is 0.554. The zero-order valence-corrected chi connectivity index (χ0v) is 16.5. The molecule has 0 saturated heterocycles. The smallest absolute Gasteiger partial charge is 0.427 e. The summed E-state index contributed by atoms with van der Waals surface area (Å²) in [5, 5.41) is 2.12. The molecule has 0 aliphatic heterocycles. The van der Waals surface area contributed by atoms with Gasteiger partial charge in [0, 0.05) is 11.4 Å². The maximum Gasteiger partial charge on any atom is 0.444 e. The van der Waals surface area contributed by atoms with Crippen LogP contribution in [0.4, 0.5) is 29.6 Å². The van der Waals surface area contributed by atoms with Crippen molar-refractivity contribution >= 4 is 39.5 Å².